The molecule has 1 N–H and O–H groups in total. The Morgan fingerprint density at radius 3 is 2.78 bits per heavy atom. The van der Waals surface area contributed by atoms with E-state index < -0.39 is 0 Å². The number of ether oxygens (including phenoxy) is 3. The van der Waals surface area contributed by atoms with Crippen molar-refractivity contribution in [3.05, 3.63) is 59.9 Å². The van der Waals surface area contributed by atoms with Gasteiger partial charge in [0.1, 0.15) is 12.4 Å². The highest BCUT2D eigenvalue weighted by Crippen LogP contribution is 2.28. The van der Waals surface area contributed by atoms with Crippen LogP contribution < -0.4 is 14.8 Å². The van der Waals surface area contributed by atoms with Gasteiger partial charge in [-0.05, 0) is 43.2 Å². The van der Waals surface area contributed by atoms with Crippen LogP contribution in [0.25, 0.3) is 17.1 Å². The van der Waals surface area contributed by atoms with Gasteiger partial charge < -0.3 is 24.1 Å². The molecule has 32 heavy (non-hydrogen) atoms. The molecule has 1 aromatic heterocycles. The first-order valence-corrected chi connectivity index (χ1v) is 10.8. The van der Waals surface area contributed by atoms with E-state index in [2.05, 4.69) is 16.0 Å². The standard InChI is InChI=1S/C25H31N3O4/c1-4-8-19-11-12-22(23(17-19)31-3)32-16-7-15-28-21-10-6-5-9-20(21)27-24(28)13-14-26-25(29)18-30-2/h4-6,8-12,17H,7,13-16,18H2,1-3H3,(H,26,29)/b8-4+. The van der Waals surface area contributed by atoms with Crippen molar-refractivity contribution in [1.29, 1.82) is 0 Å². The van der Waals surface area contributed by atoms with Crippen LogP contribution in [0.3, 0.4) is 0 Å². The molecular weight excluding hydrogens is 406 g/mol. The normalized spacial score (nSPS) is 11.2. The number of hydrogen-bond acceptors (Lipinski definition) is 5. The molecule has 170 valence electrons. The highest BCUT2D eigenvalue weighted by Gasteiger charge is 2.11. The van der Waals surface area contributed by atoms with E-state index >= 15 is 0 Å². The molecule has 0 saturated heterocycles. The number of nitrogens with zero attached hydrogens (tertiary/aromatic N) is 2. The van der Waals surface area contributed by atoms with Crippen molar-refractivity contribution in [2.75, 3.05) is 34.0 Å². The number of aryl methyl sites for hydroxylation is 1. The van der Waals surface area contributed by atoms with E-state index in [1.807, 2.05) is 55.5 Å². The van der Waals surface area contributed by atoms with Crippen molar-refractivity contribution in [2.45, 2.75) is 26.3 Å². The van der Waals surface area contributed by atoms with E-state index in [0.29, 0.717) is 19.6 Å². The number of methoxy groups -OCH3 is 2. The minimum atomic E-state index is -0.127. The van der Waals surface area contributed by atoms with Gasteiger partial charge in [0.05, 0.1) is 24.8 Å². The predicted molar refractivity (Wildman–Crippen MR) is 126 cm³/mol. The van der Waals surface area contributed by atoms with Gasteiger partial charge in [-0.25, -0.2) is 4.98 Å². The molecule has 0 bridgehead atoms. The molecule has 7 heteroatoms. The molecule has 0 atom stereocenters. The number of nitrogens with one attached hydrogen (secondary N) is 1. The largest absolute Gasteiger partial charge is 0.493 e. The van der Waals surface area contributed by atoms with E-state index in [0.717, 1.165) is 46.9 Å². The van der Waals surface area contributed by atoms with E-state index in [1.165, 1.54) is 7.11 Å². The molecule has 0 saturated carbocycles. The lowest BCUT2D eigenvalue weighted by atomic mass is 10.2. The summed E-state index contributed by atoms with van der Waals surface area (Å²) in [7, 11) is 3.16. The van der Waals surface area contributed by atoms with Crippen molar-refractivity contribution in [3.8, 4) is 11.5 Å². The summed E-state index contributed by atoms with van der Waals surface area (Å²) >= 11 is 0. The fourth-order valence-corrected chi connectivity index (χ4v) is 3.57. The second-order valence-corrected chi connectivity index (χ2v) is 7.31. The Hall–Kier alpha value is -3.32. The number of aromatic nitrogens is 2. The maximum Gasteiger partial charge on any atom is 0.245 e. The summed E-state index contributed by atoms with van der Waals surface area (Å²) in [4.78, 5) is 16.4. The van der Waals surface area contributed by atoms with Crippen molar-refractivity contribution in [1.82, 2.24) is 14.9 Å². The van der Waals surface area contributed by atoms with E-state index in [4.69, 9.17) is 19.2 Å². The zero-order valence-corrected chi connectivity index (χ0v) is 19.0. The second-order valence-electron chi connectivity index (χ2n) is 7.31. The minimum Gasteiger partial charge on any atom is -0.493 e. The van der Waals surface area contributed by atoms with Crippen LogP contribution >= 0.6 is 0 Å². The Balaban J connectivity index is 1.62. The Morgan fingerprint density at radius 2 is 2.00 bits per heavy atom. The van der Waals surface area contributed by atoms with Crippen molar-refractivity contribution < 1.29 is 19.0 Å². The number of rotatable bonds is 12. The molecule has 0 aliphatic heterocycles. The van der Waals surface area contributed by atoms with Gasteiger partial charge in [0.15, 0.2) is 11.5 Å². The fraction of sp³-hybridized carbons (Fsp3) is 0.360. The Labute approximate surface area is 189 Å². The predicted octanol–water partition coefficient (Wildman–Crippen LogP) is 3.85. The van der Waals surface area contributed by atoms with Crippen molar-refractivity contribution in [3.63, 3.8) is 0 Å². The molecule has 2 aromatic carbocycles. The average Bonchev–Trinajstić information content (AvgIpc) is 3.15. The van der Waals surface area contributed by atoms with E-state index in [1.54, 1.807) is 7.11 Å². The summed E-state index contributed by atoms with van der Waals surface area (Å²) in [6, 6.07) is 14.0. The minimum absolute atomic E-state index is 0.0624. The van der Waals surface area contributed by atoms with Gasteiger partial charge in [0.25, 0.3) is 0 Å². The second kappa shape index (κ2) is 11.9. The molecule has 0 aliphatic rings. The Morgan fingerprint density at radius 1 is 1.16 bits per heavy atom. The fourth-order valence-electron chi connectivity index (χ4n) is 3.57. The third-order valence-corrected chi connectivity index (χ3v) is 5.01. The Bertz CT molecular complexity index is 1060. The first-order chi connectivity index (χ1) is 15.7. The zero-order valence-electron chi connectivity index (χ0n) is 19.0. The highest BCUT2D eigenvalue weighted by molar-refractivity contribution is 5.77. The smallest absolute Gasteiger partial charge is 0.245 e. The maximum atomic E-state index is 11.7. The molecule has 1 heterocycles. The van der Waals surface area contributed by atoms with Crippen LogP contribution in [0.15, 0.2) is 48.5 Å². The van der Waals surface area contributed by atoms with Gasteiger partial charge in [-0.2, -0.15) is 0 Å². The van der Waals surface area contributed by atoms with Crippen LogP contribution in [0.5, 0.6) is 11.5 Å². The summed E-state index contributed by atoms with van der Waals surface area (Å²) in [5.41, 5.74) is 3.11. The molecule has 0 unspecified atom stereocenters. The summed E-state index contributed by atoms with van der Waals surface area (Å²) in [5, 5.41) is 2.86. The number of carbonyl (C=O) groups is 1. The van der Waals surface area contributed by atoms with Gasteiger partial charge >= 0.3 is 0 Å². The number of benzene rings is 2. The van der Waals surface area contributed by atoms with Crippen LogP contribution in [0, 0.1) is 0 Å². The van der Waals surface area contributed by atoms with E-state index in [9.17, 15) is 4.79 Å². The van der Waals surface area contributed by atoms with Crippen molar-refractivity contribution in [2.24, 2.45) is 0 Å². The van der Waals surface area contributed by atoms with Gasteiger partial charge in [0.2, 0.25) is 5.91 Å². The van der Waals surface area contributed by atoms with Crippen molar-refractivity contribution >= 4 is 23.0 Å². The molecule has 1 amide bonds. The Kier molecular flexibility index (Phi) is 8.69. The summed E-state index contributed by atoms with van der Waals surface area (Å²) < 4.78 is 18.5. The zero-order chi connectivity index (χ0) is 22.8. The van der Waals surface area contributed by atoms with Gasteiger partial charge in [0, 0.05) is 26.6 Å². The number of hydrogen-bond donors (Lipinski definition) is 1. The number of amides is 1. The lowest BCUT2D eigenvalue weighted by Gasteiger charge is -2.13. The topological polar surface area (TPSA) is 74.6 Å². The monoisotopic (exact) mass is 437 g/mol. The SMILES string of the molecule is C/C=C/c1ccc(OCCCn2c(CCNC(=O)COC)nc3ccccc32)c(OC)c1. The third kappa shape index (κ3) is 6.11. The van der Waals surface area contributed by atoms with Gasteiger partial charge in [-0.15, -0.1) is 0 Å². The van der Waals surface area contributed by atoms with Gasteiger partial charge in [-0.3, -0.25) is 4.79 Å². The average molecular weight is 438 g/mol. The molecule has 3 rings (SSSR count). The van der Waals surface area contributed by atoms with Crippen LogP contribution in [0.1, 0.15) is 24.7 Å². The number of imidazole rings is 1. The lowest BCUT2D eigenvalue weighted by Crippen LogP contribution is -2.29. The van der Waals surface area contributed by atoms with Gasteiger partial charge in [-0.1, -0.05) is 30.4 Å². The van der Waals surface area contributed by atoms with Crippen LogP contribution in [0.4, 0.5) is 0 Å². The number of carbonyl (C=O) groups excluding carboxylic acids is 1. The number of fused-ring (bicyclic) bond motifs is 1. The molecule has 3 aromatic rings. The maximum absolute atomic E-state index is 11.7. The number of para-hydroxylation sites is 2. The number of allylic oxidation sites excluding steroid dienone is 1. The first-order valence-electron chi connectivity index (χ1n) is 10.8. The summed E-state index contributed by atoms with van der Waals surface area (Å²) in [6.45, 7) is 3.87. The molecule has 0 fully saturated rings. The molecule has 0 spiro atoms. The molecule has 0 aliphatic carbocycles. The summed E-state index contributed by atoms with van der Waals surface area (Å²) in [5.74, 6) is 2.27. The summed E-state index contributed by atoms with van der Waals surface area (Å²) in [6.07, 6.45) is 5.47. The molecule has 0 radical (unpaired) electrons. The third-order valence-electron chi connectivity index (χ3n) is 5.01. The molecule has 7 nitrogen and oxygen atoms in total. The molecular formula is C25H31N3O4. The van der Waals surface area contributed by atoms with Crippen LogP contribution in [-0.4, -0.2) is 49.4 Å². The quantitative estimate of drug-likeness (QED) is 0.436. The van der Waals surface area contributed by atoms with Crippen LogP contribution in [-0.2, 0) is 22.5 Å². The lowest BCUT2D eigenvalue weighted by molar-refractivity contribution is -0.124. The van der Waals surface area contributed by atoms with Crippen LogP contribution in [0.2, 0.25) is 0 Å². The highest BCUT2D eigenvalue weighted by atomic mass is 16.5. The van der Waals surface area contributed by atoms with E-state index in [-0.39, 0.29) is 12.5 Å². The first kappa shape index (κ1) is 23.3.